The molecule has 1 aromatic rings. The number of hydrogen-bond donors (Lipinski definition) is 1. The predicted molar refractivity (Wildman–Crippen MR) is 69.8 cm³/mol. The molecule has 2 rings (SSSR count). The highest BCUT2D eigenvalue weighted by Gasteiger charge is 2.49. The van der Waals surface area contributed by atoms with Gasteiger partial charge in [-0.3, -0.25) is 4.79 Å². The Morgan fingerprint density at radius 3 is 2.53 bits per heavy atom. The number of para-hydroxylation sites is 1. The van der Waals surface area contributed by atoms with Crippen LogP contribution in [0.3, 0.4) is 0 Å². The molecule has 1 fully saturated rings. The number of benzene rings is 1. The minimum Gasteiger partial charge on any atom is -0.339 e. The van der Waals surface area contributed by atoms with Gasteiger partial charge in [-0.1, -0.05) is 39.0 Å². The first-order valence-electron chi connectivity index (χ1n) is 6.24. The molecule has 92 valence electrons. The van der Waals surface area contributed by atoms with Crippen LogP contribution < -0.4 is 10.2 Å². The van der Waals surface area contributed by atoms with Crippen molar-refractivity contribution in [2.24, 2.45) is 5.92 Å². The fourth-order valence-corrected chi connectivity index (χ4v) is 2.83. The van der Waals surface area contributed by atoms with Crippen LogP contribution >= 0.6 is 0 Å². The second-order valence-corrected chi connectivity index (χ2v) is 4.86. The SMILES string of the molecule is CCC1(C(C)C)C(=O)NCN1c1ccccc1. The van der Waals surface area contributed by atoms with Crippen LogP contribution in [0.25, 0.3) is 0 Å². The third-order valence-electron chi connectivity index (χ3n) is 3.83. The first kappa shape index (κ1) is 12.0. The number of amides is 1. The Balaban J connectivity index is 2.44. The Labute approximate surface area is 103 Å². The van der Waals surface area contributed by atoms with Crippen LogP contribution in [0, 0.1) is 5.92 Å². The average Bonchev–Trinajstić information content (AvgIpc) is 2.68. The van der Waals surface area contributed by atoms with Crippen LogP contribution in [-0.4, -0.2) is 18.1 Å². The number of carbonyl (C=O) groups excluding carboxylic acids is 1. The van der Waals surface area contributed by atoms with Crippen LogP contribution in [0.4, 0.5) is 5.69 Å². The molecule has 0 spiro atoms. The highest BCUT2D eigenvalue weighted by Crippen LogP contribution is 2.36. The van der Waals surface area contributed by atoms with Crippen molar-refractivity contribution in [2.45, 2.75) is 32.7 Å². The van der Waals surface area contributed by atoms with Crippen molar-refractivity contribution >= 4 is 11.6 Å². The van der Waals surface area contributed by atoms with E-state index in [0.29, 0.717) is 6.67 Å². The van der Waals surface area contributed by atoms with E-state index in [-0.39, 0.29) is 11.8 Å². The van der Waals surface area contributed by atoms with Gasteiger partial charge in [0.2, 0.25) is 5.91 Å². The summed E-state index contributed by atoms with van der Waals surface area (Å²) in [4.78, 5) is 14.4. The molecule has 0 bridgehead atoms. The molecule has 0 aliphatic carbocycles. The Morgan fingerprint density at radius 1 is 1.35 bits per heavy atom. The van der Waals surface area contributed by atoms with E-state index < -0.39 is 5.54 Å². The van der Waals surface area contributed by atoms with Gasteiger partial charge in [-0.15, -0.1) is 0 Å². The topological polar surface area (TPSA) is 32.3 Å². The highest BCUT2D eigenvalue weighted by molar-refractivity contribution is 5.93. The van der Waals surface area contributed by atoms with E-state index >= 15 is 0 Å². The predicted octanol–water partition coefficient (Wildman–Crippen LogP) is 2.39. The van der Waals surface area contributed by atoms with Crippen LogP contribution in [0.2, 0.25) is 0 Å². The third-order valence-corrected chi connectivity index (χ3v) is 3.83. The summed E-state index contributed by atoms with van der Waals surface area (Å²) in [5.41, 5.74) is 0.711. The van der Waals surface area contributed by atoms with Crippen molar-refractivity contribution < 1.29 is 4.79 Å². The van der Waals surface area contributed by atoms with E-state index in [4.69, 9.17) is 0 Å². The van der Waals surface area contributed by atoms with E-state index in [1.165, 1.54) is 0 Å². The van der Waals surface area contributed by atoms with Crippen molar-refractivity contribution in [1.82, 2.24) is 5.32 Å². The van der Waals surface area contributed by atoms with Gasteiger partial charge in [-0.2, -0.15) is 0 Å². The van der Waals surface area contributed by atoms with Gasteiger partial charge in [0.15, 0.2) is 0 Å². The standard InChI is InChI=1S/C14H20N2O/c1-4-14(11(2)3)13(17)15-10-16(14)12-8-6-5-7-9-12/h5-9,11H,4,10H2,1-3H3,(H,15,17). The molecule has 1 saturated heterocycles. The first-order valence-corrected chi connectivity index (χ1v) is 6.24. The third kappa shape index (κ3) is 1.70. The van der Waals surface area contributed by atoms with Crippen LogP contribution in [0.15, 0.2) is 30.3 Å². The summed E-state index contributed by atoms with van der Waals surface area (Å²) in [6, 6.07) is 10.1. The number of nitrogens with zero attached hydrogens (tertiary/aromatic N) is 1. The summed E-state index contributed by atoms with van der Waals surface area (Å²) in [6.45, 7) is 6.92. The highest BCUT2D eigenvalue weighted by atomic mass is 16.2. The van der Waals surface area contributed by atoms with Crippen molar-refractivity contribution in [2.75, 3.05) is 11.6 Å². The zero-order chi connectivity index (χ0) is 12.5. The van der Waals surface area contributed by atoms with Gasteiger partial charge in [0.05, 0.1) is 6.67 Å². The monoisotopic (exact) mass is 232 g/mol. The van der Waals surface area contributed by atoms with Gasteiger partial charge in [0.1, 0.15) is 5.54 Å². The molecule has 1 amide bonds. The van der Waals surface area contributed by atoms with Crippen molar-refractivity contribution in [3.8, 4) is 0 Å². The Morgan fingerprint density at radius 2 is 2.00 bits per heavy atom. The maximum atomic E-state index is 12.2. The van der Waals surface area contributed by atoms with Crippen molar-refractivity contribution in [1.29, 1.82) is 0 Å². The van der Waals surface area contributed by atoms with Crippen molar-refractivity contribution in [3.05, 3.63) is 30.3 Å². The van der Waals surface area contributed by atoms with Gasteiger partial charge in [-0.05, 0) is 24.5 Å². The fourth-order valence-electron chi connectivity index (χ4n) is 2.83. The molecular formula is C14H20N2O. The molecule has 1 N–H and O–H groups in total. The van der Waals surface area contributed by atoms with Gasteiger partial charge in [0.25, 0.3) is 0 Å². The van der Waals surface area contributed by atoms with E-state index in [0.717, 1.165) is 12.1 Å². The lowest BCUT2D eigenvalue weighted by Crippen LogP contribution is -2.53. The second kappa shape index (κ2) is 4.40. The zero-order valence-electron chi connectivity index (χ0n) is 10.7. The summed E-state index contributed by atoms with van der Waals surface area (Å²) >= 11 is 0. The van der Waals surface area contributed by atoms with E-state index in [1.807, 2.05) is 18.2 Å². The van der Waals surface area contributed by atoms with Crippen LogP contribution in [0.5, 0.6) is 0 Å². The molecule has 1 aromatic carbocycles. The summed E-state index contributed by atoms with van der Waals surface area (Å²) in [5, 5.41) is 2.98. The molecular weight excluding hydrogens is 212 g/mol. The smallest absolute Gasteiger partial charge is 0.247 e. The molecule has 1 heterocycles. The van der Waals surface area contributed by atoms with E-state index in [1.54, 1.807) is 0 Å². The number of nitrogens with one attached hydrogen (secondary N) is 1. The van der Waals surface area contributed by atoms with E-state index in [9.17, 15) is 4.79 Å². The molecule has 0 aromatic heterocycles. The summed E-state index contributed by atoms with van der Waals surface area (Å²) in [7, 11) is 0. The molecule has 1 aliphatic rings. The van der Waals surface area contributed by atoms with Gasteiger partial charge in [0, 0.05) is 5.69 Å². The van der Waals surface area contributed by atoms with Gasteiger partial charge >= 0.3 is 0 Å². The molecule has 1 unspecified atom stereocenters. The molecule has 1 atom stereocenters. The lowest BCUT2D eigenvalue weighted by atomic mass is 9.82. The Hall–Kier alpha value is -1.51. The molecule has 0 radical (unpaired) electrons. The summed E-state index contributed by atoms with van der Waals surface area (Å²) < 4.78 is 0. The summed E-state index contributed by atoms with van der Waals surface area (Å²) in [6.07, 6.45) is 0.825. The molecule has 3 nitrogen and oxygen atoms in total. The van der Waals surface area contributed by atoms with Crippen LogP contribution in [-0.2, 0) is 4.79 Å². The van der Waals surface area contributed by atoms with E-state index in [2.05, 4.69) is 43.1 Å². The molecule has 0 saturated carbocycles. The quantitative estimate of drug-likeness (QED) is 0.868. The maximum Gasteiger partial charge on any atom is 0.247 e. The lowest BCUT2D eigenvalue weighted by Gasteiger charge is -2.39. The zero-order valence-corrected chi connectivity index (χ0v) is 10.7. The Kier molecular flexibility index (Phi) is 3.09. The number of carbonyl (C=O) groups is 1. The number of rotatable bonds is 3. The molecule has 17 heavy (non-hydrogen) atoms. The molecule has 1 aliphatic heterocycles. The Bertz CT molecular complexity index is 402. The largest absolute Gasteiger partial charge is 0.339 e. The fraction of sp³-hybridized carbons (Fsp3) is 0.500. The number of hydrogen-bond acceptors (Lipinski definition) is 2. The minimum absolute atomic E-state index is 0.152. The van der Waals surface area contributed by atoms with Gasteiger partial charge < -0.3 is 10.2 Å². The van der Waals surface area contributed by atoms with Gasteiger partial charge in [-0.25, -0.2) is 0 Å². The normalized spacial score (nSPS) is 24.2. The second-order valence-electron chi connectivity index (χ2n) is 4.86. The van der Waals surface area contributed by atoms with Crippen LogP contribution in [0.1, 0.15) is 27.2 Å². The summed E-state index contributed by atoms with van der Waals surface area (Å²) in [5.74, 6) is 0.439. The minimum atomic E-state index is -0.401. The first-order chi connectivity index (χ1) is 8.13. The van der Waals surface area contributed by atoms with Crippen molar-refractivity contribution in [3.63, 3.8) is 0 Å². The average molecular weight is 232 g/mol. The lowest BCUT2D eigenvalue weighted by molar-refractivity contribution is -0.125. The maximum absolute atomic E-state index is 12.2. The number of anilines is 1. The molecule has 3 heteroatoms.